The van der Waals surface area contributed by atoms with Crippen LogP contribution in [0.5, 0.6) is 0 Å². The van der Waals surface area contributed by atoms with Crippen LogP contribution in [0.3, 0.4) is 0 Å². The van der Waals surface area contributed by atoms with Gasteiger partial charge in [-0.3, -0.25) is 9.48 Å². The topological polar surface area (TPSA) is 108 Å². The summed E-state index contributed by atoms with van der Waals surface area (Å²) in [6, 6.07) is 1.33. The van der Waals surface area contributed by atoms with E-state index in [1.807, 2.05) is 6.92 Å². The van der Waals surface area contributed by atoms with Gasteiger partial charge in [-0.15, -0.1) is 0 Å². The van der Waals surface area contributed by atoms with Crippen LogP contribution in [0.2, 0.25) is 5.02 Å². The van der Waals surface area contributed by atoms with Crippen LogP contribution < -0.4 is 5.32 Å². The van der Waals surface area contributed by atoms with E-state index in [-0.39, 0.29) is 18.3 Å². The van der Waals surface area contributed by atoms with Gasteiger partial charge >= 0.3 is 5.82 Å². The lowest BCUT2D eigenvalue weighted by atomic mass is 10.4. The van der Waals surface area contributed by atoms with Gasteiger partial charge < -0.3 is 15.4 Å². The Morgan fingerprint density at radius 3 is 2.74 bits per heavy atom. The average Bonchev–Trinajstić information content (AvgIpc) is 2.99. The van der Waals surface area contributed by atoms with E-state index in [9.17, 15) is 14.9 Å². The highest BCUT2D eigenvalue weighted by Gasteiger charge is 2.17. The summed E-state index contributed by atoms with van der Waals surface area (Å²) < 4.78 is 3.04. The van der Waals surface area contributed by atoms with E-state index in [2.05, 4.69) is 15.5 Å². The number of carbonyl (C=O) groups is 1. The molecule has 9 nitrogen and oxygen atoms in total. The molecule has 2 rings (SSSR count). The fraction of sp³-hybridized carbons (Fsp3) is 0.462. The second-order valence-electron chi connectivity index (χ2n) is 5.09. The van der Waals surface area contributed by atoms with E-state index in [4.69, 9.17) is 11.6 Å². The van der Waals surface area contributed by atoms with Gasteiger partial charge in [-0.25, -0.2) is 0 Å². The Hall–Kier alpha value is -2.42. The summed E-state index contributed by atoms with van der Waals surface area (Å²) >= 11 is 5.91. The van der Waals surface area contributed by atoms with Crippen molar-refractivity contribution in [3.8, 4) is 0 Å². The van der Waals surface area contributed by atoms with Gasteiger partial charge in [0.15, 0.2) is 0 Å². The van der Waals surface area contributed by atoms with Gasteiger partial charge in [0.05, 0.1) is 27.6 Å². The normalized spacial score (nSPS) is 10.7. The van der Waals surface area contributed by atoms with Crippen molar-refractivity contribution in [1.29, 1.82) is 0 Å². The molecule has 0 aliphatic carbocycles. The van der Waals surface area contributed by atoms with Crippen molar-refractivity contribution in [1.82, 2.24) is 24.9 Å². The van der Waals surface area contributed by atoms with E-state index in [1.165, 1.54) is 10.7 Å². The largest absolute Gasteiger partial charge is 0.390 e. The van der Waals surface area contributed by atoms with Crippen molar-refractivity contribution in [2.45, 2.75) is 33.4 Å². The molecule has 10 heteroatoms. The zero-order valence-electron chi connectivity index (χ0n) is 12.8. The van der Waals surface area contributed by atoms with Gasteiger partial charge in [-0.05, 0) is 25.2 Å². The number of nitro groups is 1. The molecule has 0 radical (unpaired) electrons. The van der Waals surface area contributed by atoms with Crippen molar-refractivity contribution in [2.75, 3.05) is 6.54 Å². The molecule has 1 amide bonds. The Morgan fingerprint density at radius 2 is 2.17 bits per heavy atom. The number of nitrogens with zero attached hydrogens (tertiary/aromatic N) is 5. The molecule has 1 N–H and O–H groups in total. The molecule has 0 fully saturated rings. The fourth-order valence-corrected chi connectivity index (χ4v) is 2.16. The summed E-state index contributed by atoms with van der Waals surface area (Å²) in [6.07, 6.45) is 2.44. The van der Waals surface area contributed by atoms with E-state index >= 15 is 0 Å². The zero-order chi connectivity index (χ0) is 17.0. The molecule has 0 unspecified atom stereocenters. The van der Waals surface area contributed by atoms with E-state index < -0.39 is 4.92 Å². The van der Waals surface area contributed by atoms with Crippen LogP contribution >= 0.6 is 11.6 Å². The minimum absolute atomic E-state index is 0.0492. The van der Waals surface area contributed by atoms with Gasteiger partial charge in [0.2, 0.25) is 5.91 Å². The number of aryl methyl sites for hydroxylation is 3. The highest BCUT2D eigenvalue weighted by molar-refractivity contribution is 6.31. The predicted molar refractivity (Wildman–Crippen MR) is 83.2 cm³/mol. The molecule has 0 aliphatic heterocycles. The van der Waals surface area contributed by atoms with Crippen LogP contribution in [-0.4, -0.2) is 36.9 Å². The Bertz CT molecular complexity index is 704. The van der Waals surface area contributed by atoms with Gasteiger partial charge in [0.25, 0.3) is 0 Å². The summed E-state index contributed by atoms with van der Waals surface area (Å²) in [7, 11) is 0. The first-order chi connectivity index (χ1) is 10.9. The Morgan fingerprint density at radius 1 is 1.43 bits per heavy atom. The molecule has 124 valence electrons. The molecule has 2 heterocycles. The van der Waals surface area contributed by atoms with Gasteiger partial charge in [-0.1, -0.05) is 11.6 Å². The minimum atomic E-state index is -0.585. The first kappa shape index (κ1) is 16.9. The van der Waals surface area contributed by atoms with Crippen molar-refractivity contribution >= 4 is 23.3 Å². The third kappa shape index (κ3) is 4.52. The van der Waals surface area contributed by atoms with Crippen LogP contribution in [0, 0.1) is 24.0 Å². The summed E-state index contributed by atoms with van der Waals surface area (Å²) in [4.78, 5) is 21.9. The average molecular weight is 341 g/mol. The molecule has 2 aromatic rings. The first-order valence-corrected chi connectivity index (χ1v) is 7.39. The second kappa shape index (κ2) is 7.23. The van der Waals surface area contributed by atoms with Crippen LogP contribution in [0.1, 0.15) is 17.8 Å². The Labute approximate surface area is 137 Å². The molecular weight excluding hydrogens is 324 g/mol. The van der Waals surface area contributed by atoms with Crippen LogP contribution in [0.4, 0.5) is 5.82 Å². The highest BCUT2D eigenvalue weighted by Crippen LogP contribution is 2.12. The summed E-state index contributed by atoms with van der Waals surface area (Å²) in [5, 5.41) is 22.0. The quantitative estimate of drug-likeness (QED) is 0.466. The zero-order valence-corrected chi connectivity index (χ0v) is 13.6. The maximum Gasteiger partial charge on any atom is 0.390 e. The van der Waals surface area contributed by atoms with Crippen LogP contribution in [-0.2, 0) is 17.9 Å². The van der Waals surface area contributed by atoms with E-state index in [0.717, 1.165) is 5.69 Å². The molecule has 0 saturated heterocycles. The molecule has 0 spiro atoms. The maximum atomic E-state index is 11.8. The fourth-order valence-electron chi connectivity index (χ4n) is 2.01. The maximum absolute atomic E-state index is 11.8. The monoisotopic (exact) mass is 340 g/mol. The molecule has 23 heavy (non-hydrogen) atoms. The highest BCUT2D eigenvalue weighted by atomic mass is 35.5. The van der Waals surface area contributed by atoms with Crippen molar-refractivity contribution in [3.63, 3.8) is 0 Å². The predicted octanol–water partition coefficient (Wildman–Crippen LogP) is 1.46. The summed E-state index contributed by atoms with van der Waals surface area (Å²) in [6.45, 7) is 4.55. The van der Waals surface area contributed by atoms with Gasteiger partial charge in [0.1, 0.15) is 6.54 Å². The summed E-state index contributed by atoms with van der Waals surface area (Å²) in [5.74, 6) is -0.512. The van der Waals surface area contributed by atoms with Gasteiger partial charge in [-0.2, -0.15) is 9.78 Å². The lowest BCUT2D eigenvalue weighted by Gasteiger charge is -2.05. The van der Waals surface area contributed by atoms with Crippen LogP contribution in [0.15, 0.2) is 12.3 Å². The van der Waals surface area contributed by atoms with Gasteiger partial charge in [0, 0.05) is 19.3 Å². The number of nitrogens with one attached hydrogen (secondary N) is 1. The number of amides is 1. The van der Waals surface area contributed by atoms with Crippen molar-refractivity contribution in [3.05, 3.63) is 38.8 Å². The Balaban J connectivity index is 1.76. The third-order valence-electron chi connectivity index (χ3n) is 3.22. The number of carbonyl (C=O) groups excluding carboxylic acids is 1. The SMILES string of the molecule is Cc1nn(CCCNC(=O)Cn2nc([N+](=O)[O-])cc2C)cc1Cl. The first-order valence-electron chi connectivity index (χ1n) is 7.02. The van der Waals surface area contributed by atoms with Crippen molar-refractivity contribution < 1.29 is 9.72 Å². The molecule has 0 atom stereocenters. The number of hydrogen-bond donors (Lipinski definition) is 1. The smallest absolute Gasteiger partial charge is 0.358 e. The van der Waals surface area contributed by atoms with E-state index in [0.29, 0.717) is 30.2 Å². The molecule has 2 aromatic heterocycles. The second-order valence-corrected chi connectivity index (χ2v) is 5.49. The molecule has 0 bridgehead atoms. The summed E-state index contributed by atoms with van der Waals surface area (Å²) in [5.41, 5.74) is 1.33. The number of aromatic nitrogens is 4. The molecule has 0 saturated carbocycles. The third-order valence-corrected chi connectivity index (χ3v) is 3.59. The number of halogens is 1. The molecule has 0 aromatic carbocycles. The standard InChI is InChI=1S/C13H17ClN6O3/c1-9-6-12(20(22)23)17-19(9)8-13(21)15-4-3-5-18-7-11(14)10(2)16-18/h6-7H,3-5,8H2,1-2H3,(H,15,21). The molecule has 0 aliphatic rings. The van der Waals surface area contributed by atoms with Crippen molar-refractivity contribution in [2.24, 2.45) is 0 Å². The number of hydrogen-bond acceptors (Lipinski definition) is 5. The lowest BCUT2D eigenvalue weighted by Crippen LogP contribution is -2.29. The lowest BCUT2D eigenvalue weighted by molar-refractivity contribution is -0.389. The minimum Gasteiger partial charge on any atom is -0.358 e. The van der Waals surface area contributed by atoms with E-state index in [1.54, 1.807) is 17.8 Å². The molecular formula is C13H17ClN6O3. The Kier molecular flexibility index (Phi) is 5.32. The number of rotatable bonds is 7. The van der Waals surface area contributed by atoms with Crippen LogP contribution in [0.25, 0.3) is 0 Å².